The van der Waals surface area contributed by atoms with Crippen molar-refractivity contribution in [2.75, 3.05) is 13.1 Å². The zero-order chi connectivity index (χ0) is 17.9. The molecule has 0 bridgehead atoms. The fourth-order valence-corrected chi connectivity index (χ4v) is 3.23. The molecule has 28 heavy (non-hydrogen) atoms. The van der Waals surface area contributed by atoms with Crippen LogP contribution >= 0.6 is 24.8 Å². The molecule has 2 N–H and O–H groups in total. The summed E-state index contributed by atoms with van der Waals surface area (Å²) in [6.07, 6.45) is 1.04. The van der Waals surface area contributed by atoms with Gasteiger partial charge in [0.05, 0.1) is 5.69 Å². The number of nitrogens with two attached hydrogens (primary N) is 1. The van der Waals surface area contributed by atoms with Crippen LogP contribution in [-0.2, 0) is 6.54 Å². The number of rotatable bonds is 5. The molecule has 3 aromatic rings. The van der Waals surface area contributed by atoms with E-state index in [1.165, 1.54) is 0 Å². The van der Waals surface area contributed by atoms with Crippen molar-refractivity contribution in [2.45, 2.75) is 25.9 Å². The lowest BCUT2D eigenvalue weighted by Gasteiger charge is -2.12. The lowest BCUT2D eigenvalue weighted by atomic mass is 10.2. The maximum absolute atomic E-state index is 5.99. The van der Waals surface area contributed by atoms with Gasteiger partial charge in [0.25, 0.3) is 0 Å². The Morgan fingerprint density at radius 3 is 2.57 bits per heavy atom. The molecular weight excluding hydrogens is 397 g/mol. The van der Waals surface area contributed by atoms with Gasteiger partial charge in [-0.25, -0.2) is 4.98 Å². The van der Waals surface area contributed by atoms with Gasteiger partial charge in [0.15, 0.2) is 0 Å². The predicted molar refractivity (Wildman–Crippen MR) is 116 cm³/mol. The molecule has 0 amide bonds. The number of aryl methyl sites for hydroxylation is 1. The highest BCUT2D eigenvalue weighted by Gasteiger charge is 2.22. The smallest absolute Gasteiger partial charge is 0.226 e. The quantitative estimate of drug-likeness (QED) is 0.639. The van der Waals surface area contributed by atoms with Crippen LogP contribution in [0, 0.1) is 6.92 Å². The van der Waals surface area contributed by atoms with Crippen molar-refractivity contribution in [2.24, 2.45) is 5.73 Å². The van der Waals surface area contributed by atoms with Crippen molar-refractivity contribution in [1.82, 2.24) is 9.88 Å². The lowest BCUT2D eigenvalue weighted by molar-refractivity contribution is 0.321. The number of oxazole rings is 1. The van der Waals surface area contributed by atoms with Crippen LogP contribution in [0.2, 0.25) is 0 Å². The Bertz CT molecular complexity index is 886. The summed E-state index contributed by atoms with van der Waals surface area (Å²) in [7, 11) is 0. The molecule has 0 radical (unpaired) electrons. The highest BCUT2D eigenvalue weighted by Crippen LogP contribution is 2.28. The van der Waals surface area contributed by atoms with E-state index in [0.29, 0.717) is 5.89 Å². The molecule has 1 unspecified atom stereocenters. The maximum Gasteiger partial charge on any atom is 0.226 e. The first-order valence-electron chi connectivity index (χ1n) is 8.95. The van der Waals surface area contributed by atoms with Gasteiger partial charge in [-0.2, -0.15) is 0 Å². The van der Waals surface area contributed by atoms with Gasteiger partial charge in [0.1, 0.15) is 17.3 Å². The Morgan fingerprint density at radius 1 is 1.11 bits per heavy atom. The average Bonchev–Trinajstić information content (AvgIpc) is 3.22. The van der Waals surface area contributed by atoms with Crippen molar-refractivity contribution in [3.63, 3.8) is 0 Å². The topological polar surface area (TPSA) is 64.5 Å². The van der Waals surface area contributed by atoms with E-state index < -0.39 is 0 Å². The Labute approximate surface area is 177 Å². The number of ether oxygens (including phenoxy) is 1. The molecular formula is C21H25Cl2N3O2. The monoisotopic (exact) mass is 421 g/mol. The van der Waals surface area contributed by atoms with Gasteiger partial charge >= 0.3 is 0 Å². The number of para-hydroxylation sites is 1. The number of nitrogens with zero attached hydrogens (tertiary/aromatic N) is 2. The first kappa shape index (κ1) is 22.2. The average molecular weight is 422 g/mol. The Hall–Kier alpha value is -2.05. The molecule has 4 rings (SSSR count). The minimum atomic E-state index is 0. The molecule has 1 aliphatic rings. The predicted octanol–water partition coefficient (Wildman–Crippen LogP) is 4.82. The summed E-state index contributed by atoms with van der Waals surface area (Å²) in [6.45, 7) is 4.68. The first-order chi connectivity index (χ1) is 12.7. The SMILES string of the molecule is Cc1oc(-c2cccc(Oc3ccccc3)c2)nc1CN1CCC(N)C1.Cl.Cl. The molecule has 0 aliphatic carbocycles. The molecule has 1 aliphatic heterocycles. The normalized spacial score (nSPS) is 16.3. The summed E-state index contributed by atoms with van der Waals surface area (Å²) in [6, 6.07) is 17.8. The second-order valence-corrected chi connectivity index (χ2v) is 6.75. The van der Waals surface area contributed by atoms with E-state index in [1.807, 2.05) is 61.5 Å². The molecule has 2 aromatic carbocycles. The van der Waals surface area contributed by atoms with Crippen LogP contribution in [0.3, 0.4) is 0 Å². The van der Waals surface area contributed by atoms with Crippen molar-refractivity contribution in [3.05, 3.63) is 66.1 Å². The number of likely N-dealkylation sites (tertiary alicyclic amines) is 1. The van der Waals surface area contributed by atoms with Crippen LogP contribution < -0.4 is 10.5 Å². The summed E-state index contributed by atoms with van der Waals surface area (Å²) in [4.78, 5) is 7.04. The fraction of sp³-hybridized carbons (Fsp3) is 0.286. The lowest BCUT2D eigenvalue weighted by Crippen LogP contribution is -2.26. The van der Waals surface area contributed by atoms with Crippen molar-refractivity contribution >= 4 is 24.8 Å². The molecule has 7 heteroatoms. The van der Waals surface area contributed by atoms with Gasteiger partial charge in [-0.15, -0.1) is 24.8 Å². The van der Waals surface area contributed by atoms with E-state index in [-0.39, 0.29) is 30.9 Å². The van der Waals surface area contributed by atoms with Crippen LogP contribution in [-0.4, -0.2) is 29.0 Å². The third-order valence-corrected chi connectivity index (χ3v) is 4.63. The molecule has 1 aromatic heterocycles. The summed E-state index contributed by atoms with van der Waals surface area (Å²) in [5, 5.41) is 0. The van der Waals surface area contributed by atoms with Crippen molar-refractivity contribution in [1.29, 1.82) is 0 Å². The van der Waals surface area contributed by atoms with E-state index in [0.717, 1.165) is 54.6 Å². The number of hydrogen-bond acceptors (Lipinski definition) is 5. The zero-order valence-corrected chi connectivity index (χ0v) is 17.3. The molecule has 0 spiro atoms. The van der Waals surface area contributed by atoms with E-state index >= 15 is 0 Å². The Morgan fingerprint density at radius 2 is 1.86 bits per heavy atom. The Balaban J connectivity index is 0.00000140. The van der Waals surface area contributed by atoms with E-state index in [9.17, 15) is 0 Å². The standard InChI is InChI=1S/C21H23N3O2.2ClH/c1-15-20(14-24-11-10-17(22)13-24)23-21(25-15)16-6-5-9-19(12-16)26-18-7-3-2-4-8-18;;/h2-9,12,17H,10-11,13-14,22H2,1H3;2*1H. The van der Waals surface area contributed by atoms with Gasteiger partial charge in [-0.05, 0) is 43.7 Å². The Kier molecular flexibility index (Phi) is 7.89. The summed E-state index contributed by atoms with van der Waals surface area (Å²) >= 11 is 0. The van der Waals surface area contributed by atoms with Crippen LogP contribution in [0.15, 0.2) is 59.0 Å². The van der Waals surface area contributed by atoms with Crippen LogP contribution in [0.25, 0.3) is 11.5 Å². The molecule has 1 fully saturated rings. The van der Waals surface area contributed by atoms with Crippen molar-refractivity contribution in [3.8, 4) is 23.0 Å². The van der Waals surface area contributed by atoms with Gasteiger partial charge < -0.3 is 14.9 Å². The highest BCUT2D eigenvalue weighted by atomic mass is 35.5. The van der Waals surface area contributed by atoms with Crippen molar-refractivity contribution < 1.29 is 9.15 Å². The highest BCUT2D eigenvalue weighted by molar-refractivity contribution is 5.85. The minimum absolute atomic E-state index is 0. The molecule has 0 saturated carbocycles. The summed E-state index contributed by atoms with van der Waals surface area (Å²) in [5.74, 6) is 3.05. The largest absolute Gasteiger partial charge is 0.457 e. The van der Waals surface area contributed by atoms with Crippen LogP contribution in [0.5, 0.6) is 11.5 Å². The minimum Gasteiger partial charge on any atom is -0.457 e. The summed E-state index contributed by atoms with van der Waals surface area (Å²) < 4.78 is 11.8. The third-order valence-electron chi connectivity index (χ3n) is 4.63. The zero-order valence-electron chi connectivity index (χ0n) is 15.7. The molecule has 2 heterocycles. The van der Waals surface area contributed by atoms with Gasteiger partial charge in [-0.3, -0.25) is 4.90 Å². The van der Waals surface area contributed by atoms with Crippen LogP contribution in [0.4, 0.5) is 0 Å². The molecule has 1 atom stereocenters. The molecule has 150 valence electrons. The second-order valence-electron chi connectivity index (χ2n) is 6.75. The van der Waals surface area contributed by atoms with Gasteiger partial charge in [0.2, 0.25) is 5.89 Å². The summed E-state index contributed by atoms with van der Waals surface area (Å²) in [5.41, 5.74) is 7.88. The van der Waals surface area contributed by atoms with E-state index in [1.54, 1.807) is 0 Å². The number of aromatic nitrogens is 1. The van der Waals surface area contributed by atoms with E-state index in [4.69, 9.17) is 19.9 Å². The van der Waals surface area contributed by atoms with E-state index in [2.05, 4.69) is 4.90 Å². The molecule has 5 nitrogen and oxygen atoms in total. The van der Waals surface area contributed by atoms with Crippen LogP contribution in [0.1, 0.15) is 17.9 Å². The fourth-order valence-electron chi connectivity index (χ4n) is 3.23. The maximum atomic E-state index is 5.99. The third kappa shape index (κ3) is 5.26. The second kappa shape index (κ2) is 9.94. The van der Waals surface area contributed by atoms with Gasteiger partial charge in [-0.1, -0.05) is 24.3 Å². The number of benzene rings is 2. The first-order valence-corrected chi connectivity index (χ1v) is 8.95. The van der Waals surface area contributed by atoms with Gasteiger partial charge in [0, 0.05) is 31.2 Å². The number of halogens is 2. The number of hydrogen-bond donors (Lipinski definition) is 1. The molecule has 1 saturated heterocycles.